The van der Waals surface area contributed by atoms with E-state index < -0.39 is 0 Å². The van der Waals surface area contributed by atoms with Gasteiger partial charge in [0.2, 0.25) is 11.8 Å². The van der Waals surface area contributed by atoms with Crippen molar-refractivity contribution in [3.05, 3.63) is 52.8 Å². The average molecular weight is 499 g/mol. The van der Waals surface area contributed by atoms with Crippen molar-refractivity contribution >= 4 is 22.9 Å². The van der Waals surface area contributed by atoms with Gasteiger partial charge in [-0.15, -0.1) is 0 Å². The lowest BCUT2D eigenvalue weighted by molar-refractivity contribution is 0.102. The van der Waals surface area contributed by atoms with Gasteiger partial charge in [-0.25, -0.2) is 9.67 Å². The number of nitrogens with zero attached hydrogens (tertiary/aromatic N) is 5. The Morgan fingerprint density at radius 1 is 1.08 bits per heavy atom. The van der Waals surface area contributed by atoms with E-state index in [1.54, 1.807) is 10.9 Å². The van der Waals surface area contributed by atoms with Crippen molar-refractivity contribution in [3.8, 4) is 17.1 Å². The van der Waals surface area contributed by atoms with Crippen LogP contribution in [0.15, 0.2) is 30.5 Å². The van der Waals surface area contributed by atoms with E-state index in [0.717, 1.165) is 48.1 Å². The summed E-state index contributed by atoms with van der Waals surface area (Å²) in [4.78, 5) is 23.2. The summed E-state index contributed by atoms with van der Waals surface area (Å²) in [6.07, 6.45) is 5.09. The third kappa shape index (κ3) is 4.28. The number of aromatic nitrogens is 5. The van der Waals surface area contributed by atoms with Gasteiger partial charge in [-0.1, -0.05) is 13.8 Å². The van der Waals surface area contributed by atoms with Gasteiger partial charge in [-0.2, -0.15) is 5.10 Å². The second-order valence-electron chi connectivity index (χ2n) is 11.1. The predicted molar refractivity (Wildman–Crippen MR) is 144 cm³/mol. The van der Waals surface area contributed by atoms with E-state index in [1.165, 1.54) is 11.1 Å². The van der Waals surface area contributed by atoms with E-state index in [4.69, 9.17) is 14.7 Å². The molecule has 1 aliphatic carbocycles. The summed E-state index contributed by atoms with van der Waals surface area (Å²) < 4.78 is 10.3. The van der Waals surface area contributed by atoms with Crippen LogP contribution in [0.25, 0.3) is 22.3 Å². The number of imidazole rings is 1. The Balaban J connectivity index is 1.49. The minimum atomic E-state index is -0.199. The first-order chi connectivity index (χ1) is 17.8. The van der Waals surface area contributed by atoms with Gasteiger partial charge in [0.15, 0.2) is 0 Å². The number of benzene rings is 1. The molecule has 0 saturated heterocycles. The Morgan fingerprint density at radius 3 is 2.70 bits per heavy atom. The fourth-order valence-electron chi connectivity index (χ4n) is 6.03. The van der Waals surface area contributed by atoms with Crippen LogP contribution in [0, 0.1) is 25.7 Å². The van der Waals surface area contributed by atoms with E-state index in [-0.39, 0.29) is 5.91 Å². The summed E-state index contributed by atoms with van der Waals surface area (Å²) in [5.74, 6) is 2.47. The van der Waals surface area contributed by atoms with Crippen LogP contribution in [0.1, 0.15) is 66.2 Å². The van der Waals surface area contributed by atoms with E-state index in [2.05, 4.69) is 47.9 Å². The maximum atomic E-state index is 13.6. The summed E-state index contributed by atoms with van der Waals surface area (Å²) in [6, 6.07) is 8.04. The standard InChI is InChI=1S/C29H34N6O2/c1-16(2)22-12-26-25(8-17(22)3)32-29-33-27(36)21-9-18(4)31-24(11-21)23-13-30-34(5)28(23)37-15-20-7-6-19(10-20)14-35(26)29/h8-9,11-13,16,19-20H,6-7,10,14-15H2,1-5H3,(H,32,33,36)/t19-,20+/m0/s1. The van der Waals surface area contributed by atoms with Crippen LogP contribution in [0.5, 0.6) is 5.88 Å². The molecule has 6 rings (SSSR count). The maximum absolute atomic E-state index is 13.6. The fourth-order valence-corrected chi connectivity index (χ4v) is 6.03. The molecule has 3 aromatic heterocycles. The van der Waals surface area contributed by atoms with Gasteiger partial charge in [0.25, 0.3) is 5.91 Å². The minimum absolute atomic E-state index is 0.199. The van der Waals surface area contributed by atoms with Crippen molar-refractivity contribution in [2.45, 2.75) is 59.4 Å². The molecule has 1 saturated carbocycles. The molecular weight excluding hydrogens is 464 g/mol. The largest absolute Gasteiger partial charge is 0.477 e. The van der Waals surface area contributed by atoms with Crippen LogP contribution >= 0.6 is 0 Å². The zero-order valence-electron chi connectivity index (χ0n) is 22.2. The van der Waals surface area contributed by atoms with E-state index >= 15 is 0 Å². The summed E-state index contributed by atoms with van der Waals surface area (Å²) in [7, 11) is 1.88. The number of amides is 1. The van der Waals surface area contributed by atoms with E-state index in [9.17, 15) is 4.79 Å². The molecule has 1 aromatic carbocycles. The molecule has 192 valence electrons. The highest BCUT2D eigenvalue weighted by molar-refractivity contribution is 6.04. The smallest absolute Gasteiger partial charge is 0.258 e. The van der Waals surface area contributed by atoms with Crippen LogP contribution in [0.4, 0.5) is 5.95 Å². The Bertz CT molecular complexity index is 1510. The number of ether oxygens (including phenoxy) is 1. The van der Waals surface area contributed by atoms with Crippen molar-refractivity contribution in [1.29, 1.82) is 0 Å². The molecule has 8 heteroatoms. The van der Waals surface area contributed by atoms with E-state index in [0.29, 0.717) is 47.4 Å². The van der Waals surface area contributed by atoms with Crippen LogP contribution in [0.2, 0.25) is 0 Å². The lowest BCUT2D eigenvalue weighted by Gasteiger charge is -2.17. The molecule has 4 bridgehead atoms. The number of carbonyl (C=O) groups is 1. The summed E-state index contributed by atoms with van der Waals surface area (Å²) in [6.45, 7) is 9.94. The zero-order chi connectivity index (χ0) is 25.8. The quantitative estimate of drug-likeness (QED) is 0.367. The number of carbonyl (C=O) groups excluding carboxylic acids is 1. The molecule has 8 nitrogen and oxygen atoms in total. The minimum Gasteiger partial charge on any atom is -0.477 e. The molecule has 0 spiro atoms. The van der Waals surface area contributed by atoms with Gasteiger partial charge in [-0.3, -0.25) is 15.1 Å². The molecular formula is C29H34N6O2. The Labute approximate surface area is 217 Å². The van der Waals surface area contributed by atoms with Crippen molar-refractivity contribution in [1.82, 2.24) is 24.3 Å². The topological polar surface area (TPSA) is 86.9 Å². The maximum Gasteiger partial charge on any atom is 0.258 e. The third-order valence-corrected chi connectivity index (χ3v) is 7.91. The van der Waals surface area contributed by atoms with Crippen molar-refractivity contribution in [2.75, 3.05) is 11.9 Å². The van der Waals surface area contributed by atoms with Crippen LogP contribution in [-0.4, -0.2) is 36.8 Å². The summed E-state index contributed by atoms with van der Waals surface area (Å²) in [5.41, 5.74) is 7.31. The number of aryl methyl sites for hydroxylation is 3. The van der Waals surface area contributed by atoms with Gasteiger partial charge in [0.1, 0.15) is 0 Å². The Hall–Kier alpha value is -3.68. The van der Waals surface area contributed by atoms with Gasteiger partial charge in [0.05, 0.1) is 35.1 Å². The number of hydrogen-bond donors (Lipinski definition) is 1. The monoisotopic (exact) mass is 498 g/mol. The molecule has 1 amide bonds. The van der Waals surface area contributed by atoms with Gasteiger partial charge >= 0.3 is 0 Å². The fraction of sp³-hybridized carbons (Fsp3) is 0.448. The van der Waals surface area contributed by atoms with Crippen molar-refractivity contribution < 1.29 is 9.53 Å². The second-order valence-corrected chi connectivity index (χ2v) is 11.1. The van der Waals surface area contributed by atoms with Crippen LogP contribution in [0.3, 0.4) is 0 Å². The molecule has 1 fully saturated rings. The van der Waals surface area contributed by atoms with Crippen molar-refractivity contribution in [2.24, 2.45) is 18.9 Å². The second kappa shape index (κ2) is 9.01. The Morgan fingerprint density at radius 2 is 1.89 bits per heavy atom. The molecule has 0 unspecified atom stereocenters. The molecule has 37 heavy (non-hydrogen) atoms. The molecule has 1 aliphatic heterocycles. The SMILES string of the molecule is Cc1cc2cc(n1)-c1cnn(C)c1OC[C@@H]1CC[C@@H](C1)Cn1c(nc3cc(C)c(C(C)C)cc31)NC2=O. The average Bonchev–Trinajstić information content (AvgIpc) is 3.54. The van der Waals surface area contributed by atoms with Gasteiger partial charge in [-0.05, 0) is 86.3 Å². The molecule has 2 atom stereocenters. The highest BCUT2D eigenvalue weighted by Gasteiger charge is 2.29. The lowest BCUT2D eigenvalue weighted by atomic mass is 9.97. The van der Waals surface area contributed by atoms with Crippen molar-refractivity contribution in [3.63, 3.8) is 0 Å². The normalized spacial score (nSPS) is 19.7. The molecule has 4 aromatic rings. The summed E-state index contributed by atoms with van der Waals surface area (Å²) in [5, 5.41) is 7.57. The highest BCUT2D eigenvalue weighted by Crippen LogP contribution is 2.37. The number of hydrogen-bond acceptors (Lipinski definition) is 5. The molecule has 0 radical (unpaired) electrons. The van der Waals surface area contributed by atoms with E-state index in [1.807, 2.05) is 26.1 Å². The Kier molecular flexibility index (Phi) is 5.77. The molecule has 1 N–H and O–H groups in total. The summed E-state index contributed by atoms with van der Waals surface area (Å²) >= 11 is 0. The molecule has 4 heterocycles. The first-order valence-electron chi connectivity index (χ1n) is 13.2. The number of anilines is 1. The number of fused-ring (bicyclic) bond motifs is 9. The van der Waals surface area contributed by atoms with Gasteiger partial charge < -0.3 is 9.30 Å². The van der Waals surface area contributed by atoms with Gasteiger partial charge in [0, 0.05) is 24.8 Å². The van der Waals surface area contributed by atoms with Crippen LogP contribution < -0.4 is 10.1 Å². The van der Waals surface area contributed by atoms with Crippen LogP contribution in [-0.2, 0) is 13.6 Å². The lowest BCUT2D eigenvalue weighted by Crippen LogP contribution is -2.18. The first kappa shape index (κ1) is 23.7. The number of nitrogens with one attached hydrogen (secondary N) is 1. The number of pyridine rings is 1. The third-order valence-electron chi connectivity index (χ3n) is 7.91. The number of rotatable bonds is 1. The highest BCUT2D eigenvalue weighted by atomic mass is 16.5. The zero-order valence-corrected chi connectivity index (χ0v) is 22.2. The first-order valence-corrected chi connectivity index (χ1v) is 13.2. The predicted octanol–water partition coefficient (Wildman–Crippen LogP) is 5.63. The molecule has 2 aliphatic rings.